The molecule has 0 aromatic carbocycles. The van der Waals surface area contributed by atoms with Crippen molar-refractivity contribution in [1.29, 1.82) is 0 Å². The summed E-state index contributed by atoms with van der Waals surface area (Å²) in [4.78, 5) is 34.0. The van der Waals surface area contributed by atoms with Crippen molar-refractivity contribution < 1.29 is 29.0 Å². The molecule has 33 heavy (non-hydrogen) atoms. The Balaban J connectivity index is -0.000000533. The molecule has 0 saturated carbocycles. The Morgan fingerprint density at radius 3 is 1.67 bits per heavy atom. The van der Waals surface area contributed by atoms with E-state index in [0.717, 1.165) is 12.8 Å². The summed E-state index contributed by atoms with van der Waals surface area (Å²) in [5, 5.41) is 14.9. The first-order chi connectivity index (χ1) is 14.5. The van der Waals surface area contributed by atoms with Crippen LogP contribution in [0.5, 0.6) is 0 Å². The molecule has 198 valence electrons. The quantitative estimate of drug-likeness (QED) is 0.365. The van der Waals surface area contributed by atoms with Crippen LogP contribution in [0.4, 0.5) is 0 Å². The van der Waals surface area contributed by atoms with Gasteiger partial charge >= 0.3 is 17.9 Å². The van der Waals surface area contributed by atoms with Gasteiger partial charge in [-0.3, -0.25) is 25.0 Å². The summed E-state index contributed by atoms with van der Waals surface area (Å²) < 4.78 is 10.2. The van der Waals surface area contributed by atoms with Gasteiger partial charge in [-0.05, 0) is 60.3 Å². The van der Waals surface area contributed by atoms with Crippen LogP contribution in [-0.4, -0.2) is 59.4 Å². The minimum atomic E-state index is -0.936. The smallest absolute Gasteiger partial charge is 0.323 e. The summed E-state index contributed by atoms with van der Waals surface area (Å²) >= 11 is 0. The first kappa shape index (κ1) is 36.2. The van der Waals surface area contributed by atoms with Crippen molar-refractivity contribution in [2.24, 2.45) is 11.8 Å². The van der Waals surface area contributed by atoms with Crippen molar-refractivity contribution in [3.63, 3.8) is 0 Å². The lowest BCUT2D eigenvalue weighted by Gasteiger charge is -2.32. The molecule has 3 N–H and O–H groups in total. The Morgan fingerprint density at radius 2 is 1.33 bits per heavy atom. The number of halogens is 1. The summed E-state index contributed by atoms with van der Waals surface area (Å²) in [6.45, 7) is 21.7. The molecule has 0 aliphatic rings. The Bertz CT molecular complexity index is 572. The predicted octanol–water partition coefficient (Wildman–Crippen LogP) is 4.19. The maximum atomic E-state index is 12.2. The van der Waals surface area contributed by atoms with Gasteiger partial charge in [-0.25, -0.2) is 0 Å². The number of esters is 2. The van der Waals surface area contributed by atoms with Gasteiger partial charge in [0.15, 0.2) is 0 Å². The predicted molar refractivity (Wildman–Crippen MR) is 135 cm³/mol. The standard InChI is InChI=1S/C14H29NO2.C10H19NO4.ClH/c1-9-10(2)11(15-13(3,4)5)12(16)17-14(6,7)8;1-4-7(3)9(10(13)14)11-6-8(12)15-5-2;/h10-11,15H,9H2,1-8H3;7,9,11H,4-6H2,1-3H3,(H,13,14);1H/t10-,11-;7-,9-;/m00./s1. The molecule has 0 saturated heterocycles. The highest BCUT2D eigenvalue weighted by atomic mass is 35.5. The highest BCUT2D eigenvalue weighted by Gasteiger charge is 2.31. The first-order valence-corrected chi connectivity index (χ1v) is 11.6. The number of rotatable bonds is 11. The van der Waals surface area contributed by atoms with Crippen molar-refractivity contribution in [1.82, 2.24) is 10.6 Å². The number of hydrogen-bond donors (Lipinski definition) is 3. The van der Waals surface area contributed by atoms with Gasteiger partial charge in [0.25, 0.3) is 0 Å². The van der Waals surface area contributed by atoms with Crippen LogP contribution in [0.25, 0.3) is 0 Å². The second kappa shape index (κ2) is 17.1. The van der Waals surface area contributed by atoms with Crippen LogP contribution in [0.1, 0.15) is 89.0 Å². The van der Waals surface area contributed by atoms with Crippen LogP contribution in [0.3, 0.4) is 0 Å². The van der Waals surface area contributed by atoms with Gasteiger partial charge in [-0.2, -0.15) is 0 Å². The highest BCUT2D eigenvalue weighted by molar-refractivity contribution is 5.85. The van der Waals surface area contributed by atoms with Gasteiger partial charge in [0.05, 0.1) is 13.2 Å². The monoisotopic (exact) mass is 496 g/mol. The molecular formula is C24H49ClN2O6. The Kier molecular flexibility index (Phi) is 18.8. The van der Waals surface area contributed by atoms with Crippen LogP contribution in [0, 0.1) is 11.8 Å². The van der Waals surface area contributed by atoms with Crippen LogP contribution in [-0.2, 0) is 23.9 Å². The number of carbonyl (C=O) groups excluding carboxylic acids is 2. The molecule has 9 heteroatoms. The van der Waals surface area contributed by atoms with E-state index in [9.17, 15) is 14.4 Å². The Labute approximate surface area is 207 Å². The minimum Gasteiger partial charge on any atom is -0.480 e. The molecule has 0 bridgehead atoms. The van der Waals surface area contributed by atoms with Crippen molar-refractivity contribution in [3.8, 4) is 0 Å². The minimum absolute atomic E-state index is 0. The molecule has 0 fully saturated rings. The Hall–Kier alpha value is -1.38. The fraction of sp³-hybridized carbons (Fsp3) is 0.875. The molecule has 0 aliphatic carbocycles. The van der Waals surface area contributed by atoms with Crippen molar-refractivity contribution in [2.75, 3.05) is 13.2 Å². The number of carboxylic acids is 1. The van der Waals surface area contributed by atoms with Gasteiger partial charge in [0.2, 0.25) is 0 Å². The van der Waals surface area contributed by atoms with Crippen molar-refractivity contribution >= 4 is 30.3 Å². The number of aliphatic carboxylic acids is 1. The third-order valence-electron chi connectivity index (χ3n) is 4.71. The van der Waals surface area contributed by atoms with Crippen molar-refractivity contribution in [3.05, 3.63) is 0 Å². The number of carboxylic acid groups (broad SMARTS) is 1. The van der Waals surface area contributed by atoms with Crippen LogP contribution in [0.15, 0.2) is 0 Å². The van der Waals surface area contributed by atoms with Gasteiger partial charge < -0.3 is 14.6 Å². The number of carbonyl (C=O) groups is 3. The lowest BCUT2D eigenvalue weighted by atomic mass is 9.95. The average molecular weight is 497 g/mol. The second-order valence-electron chi connectivity index (χ2n) is 10.2. The summed E-state index contributed by atoms with van der Waals surface area (Å²) in [5.41, 5.74) is -0.520. The van der Waals surface area contributed by atoms with E-state index in [0.29, 0.717) is 6.61 Å². The SMILES string of the molecule is CCOC(=O)CN[C@H](C(=O)O)[C@@H](C)CC.CC[C@H](C)[C@H](NC(C)(C)C)C(=O)OC(C)(C)C.Cl. The van der Waals surface area contributed by atoms with E-state index >= 15 is 0 Å². The molecule has 0 unspecified atom stereocenters. The first-order valence-electron chi connectivity index (χ1n) is 11.6. The van der Waals surface area contributed by atoms with Gasteiger partial charge in [0.1, 0.15) is 17.7 Å². The third-order valence-corrected chi connectivity index (χ3v) is 4.71. The van der Waals surface area contributed by atoms with E-state index in [2.05, 4.69) is 45.3 Å². The molecule has 0 amide bonds. The average Bonchev–Trinajstić information content (AvgIpc) is 2.63. The third kappa shape index (κ3) is 18.7. The number of hydrogen-bond acceptors (Lipinski definition) is 7. The van der Waals surface area contributed by atoms with Crippen LogP contribution in [0.2, 0.25) is 0 Å². The van der Waals surface area contributed by atoms with E-state index in [1.165, 1.54) is 0 Å². The zero-order valence-electron chi connectivity index (χ0n) is 22.5. The van der Waals surface area contributed by atoms with E-state index < -0.39 is 23.6 Å². The van der Waals surface area contributed by atoms with Gasteiger partial charge in [-0.1, -0.05) is 40.5 Å². The fourth-order valence-electron chi connectivity index (χ4n) is 2.67. The normalized spacial score (nSPS) is 15.0. The topological polar surface area (TPSA) is 114 Å². The van der Waals surface area contributed by atoms with Gasteiger partial charge in [-0.15, -0.1) is 12.4 Å². The molecule has 0 spiro atoms. The molecule has 0 radical (unpaired) electrons. The highest BCUT2D eigenvalue weighted by Crippen LogP contribution is 2.17. The molecule has 4 atom stereocenters. The maximum Gasteiger partial charge on any atom is 0.323 e. The summed E-state index contributed by atoms with van der Waals surface area (Å²) in [6, 6.07) is -0.932. The number of ether oxygens (including phenoxy) is 2. The van der Waals surface area contributed by atoms with E-state index in [-0.39, 0.29) is 48.3 Å². The van der Waals surface area contributed by atoms with E-state index in [1.807, 2.05) is 34.6 Å². The lowest BCUT2D eigenvalue weighted by Crippen LogP contribution is -2.52. The molecule has 0 aromatic rings. The summed E-state index contributed by atoms with van der Waals surface area (Å²) in [6.07, 6.45) is 1.69. The second-order valence-corrected chi connectivity index (χ2v) is 10.2. The van der Waals surface area contributed by atoms with Gasteiger partial charge in [0, 0.05) is 5.54 Å². The molecule has 0 aromatic heterocycles. The molecule has 0 aliphatic heterocycles. The van der Waals surface area contributed by atoms with E-state index in [4.69, 9.17) is 14.6 Å². The maximum absolute atomic E-state index is 12.2. The number of nitrogens with one attached hydrogen (secondary N) is 2. The summed E-state index contributed by atoms with van der Waals surface area (Å²) in [7, 11) is 0. The lowest BCUT2D eigenvalue weighted by molar-refractivity contribution is -0.159. The largest absolute Gasteiger partial charge is 0.480 e. The fourth-order valence-corrected chi connectivity index (χ4v) is 2.67. The molecule has 0 rings (SSSR count). The zero-order chi connectivity index (χ0) is 25.7. The molecular weight excluding hydrogens is 448 g/mol. The Morgan fingerprint density at radius 1 is 0.879 bits per heavy atom. The zero-order valence-corrected chi connectivity index (χ0v) is 23.4. The molecule has 8 nitrogen and oxygen atoms in total. The van der Waals surface area contributed by atoms with Crippen molar-refractivity contribution in [2.45, 2.75) is 112 Å². The molecule has 0 heterocycles. The van der Waals surface area contributed by atoms with Crippen LogP contribution < -0.4 is 10.6 Å². The van der Waals surface area contributed by atoms with E-state index in [1.54, 1.807) is 6.92 Å². The summed E-state index contributed by atoms with van der Waals surface area (Å²) in [5.74, 6) is -1.26. The van der Waals surface area contributed by atoms with Crippen LogP contribution >= 0.6 is 12.4 Å².